The molecule has 1 saturated carbocycles. The second kappa shape index (κ2) is 9.79. The van der Waals surface area contributed by atoms with E-state index in [9.17, 15) is 0 Å². The van der Waals surface area contributed by atoms with Gasteiger partial charge in [0.05, 0.1) is 12.3 Å². The van der Waals surface area contributed by atoms with Crippen molar-refractivity contribution in [3.63, 3.8) is 0 Å². The number of piperidine rings is 1. The van der Waals surface area contributed by atoms with Gasteiger partial charge >= 0.3 is 0 Å². The van der Waals surface area contributed by atoms with Crippen LogP contribution in [-0.4, -0.2) is 67.6 Å². The van der Waals surface area contributed by atoms with E-state index in [1.54, 1.807) is 6.26 Å². The van der Waals surface area contributed by atoms with Crippen LogP contribution >= 0.6 is 0 Å². The van der Waals surface area contributed by atoms with Gasteiger partial charge in [-0.3, -0.25) is 14.8 Å². The van der Waals surface area contributed by atoms with E-state index >= 15 is 0 Å². The molecule has 0 spiro atoms. The third kappa shape index (κ3) is 4.90. The maximum absolute atomic E-state index is 5.77. The van der Waals surface area contributed by atoms with Gasteiger partial charge in [-0.25, -0.2) is 0 Å². The highest BCUT2D eigenvalue weighted by Gasteiger charge is 2.30. The Labute approximate surface area is 169 Å². The summed E-state index contributed by atoms with van der Waals surface area (Å²) in [5, 5.41) is 7.26. The molecule has 1 aromatic rings. The maximum atomic E-state index is 5.77. The number of hydrogen-bond donors (Lipinski definition) is 2. The molecule has 0 radical (unpaired) electrons. The van der Waals surface area contributed by atoms with Crippen LogP contribution in [0.15, 0.2) is 27.8 Å². The summed E-state index contributed by atoms with van der Waals surface area (Å²) >= 11 is 0. The average molecular weight is 388 g/mol. The van der Waals surface area contributed by atoms with Gasteiger partial charge in [0.25, 0.3) is 0 Å². The number of rotatable bonds is 6. The molecule has 1 aliphatic carbocycles. The van der Waals surface area contributed by atoms with Crippen LogP contribution in [-0.2, 0) is 0 Å². The molecule has 0 aromatic carbocycles. The largest absolute Gasteiger partial charge is 0.468 e. The molecular formula is C22H37N5O. The summed E-state index contributed by atoms with van der Waals surface area (Å²) < 4.78 is 5.77. The standard InChI is InChI=1S/C22H37N5O/c1-23-22(25-18-11-14-27(17-18)19-8-3-4-9-19)24-16-20(21-10-7-15-28-21)26-12-5-2-6-13-26/h7,10,15,18-20H,2-6,8-9,11-14,16-17H2,1H3,(H2,23,24,25). The monoisotopic (exact) mass is 387 g/mol. The Balaban J connectivity index is 1.30. The quantitative estimate of drug-likeness (QED) is 0.581. The van der Waals surface area contributed by atoms with Gasteiger partial charge in [-0.15, -0.1) is 0 Å². The molecular weight excluding hydrogens is 350 g/mol. The van der Waals surface area contributed by atoms with Gasteiger partial charge < -0.3 is 15.1 Å². The Bertz CT molecular complexity index is 604. The fourth-order valence-electron chi connectivity index (χ4n) is 5.21. The first-order valence-corrected chi connectivity index (χ1v) is 11.3. The Kier molecular flexibility index (Phi) is 6.91. The van der Waals surface area contributed by atoms with E-state index in [2.05, 4.69) is 31.5 Å². The molecule has 2 aliphatic heterocycles. The molecule has 156 valence electrons. The number of likely N-dealkylation sites (tertiary alicyclic amines) is 2. The number of nitrogens with zero attached hydrogens (tertiary/aromatic N) is 3. The first-order valence-electron chi connectivity index (χ1n) is 11.3. The van der Waals surface area contributed by atoms with Gasteiger partial charge in [0, 0.05) is 38.8 Å². The van der Waals surface area contributed by atoms with E-state index in [4.69, 9.17) is 4.42 Å². The van der Waals surface area contributed by atoms with Crippen molar-refractivity contribution in [3.8, 4) is 0 Å². The van der Waals surface area contributed by atoms with Crippen LogP contribution < -0.4 is 10.6 Å². The number of guanidine groups is 1. The highest BCUT2D eigenvalue weighted by atomic mass is 16.3. The summed E-state index contributed by atoms with van der Waals surface area (Å²) in [7, 11) is 1.88. The number of furan rings is 1. The van der Waals surface area contributed by atoms with E-state index in [1.807, 2.05) is 13.1 Å². The Morgan fingerprint density at radius 1 is 1.14 bits per heavy atom. The third-order valence-electron chi connectivity index (χ3n) is 6.79. The molecule has 2 atom stereocenters. The van der Waals surface area contributed by atoms with E-state index in [0.29, 0.717) is 6.04 Å². The van der Waals surface area contributed by atoms with Crippen LogP contribution in [0, 0.1) is 0 Å². The zero-order valence-corrected chi connectivity index (χ0v) is 17.4. The van der Waals surface area contributed by atoms with Gasteiger partial charge in [-0.05, 0) is 57.3 Å². The summed E-state index contributed by atoms with van der Waals surface area (Å²) in [5.74, 6) is 1.98. The van der Waals surface area contributed by atoms with Crippen molar-refractivity contribution in [2.24, 2.45) is 4.99 Å². The summed E-state index contributed by atoms with van der Waals surface area (Å²) in [5.41, 5.74) is 0. The summed E-state index contributed by atoms with van der Waals surface area (Å²) in [4.78, 5) is 9.75. The lowest BCUT2D eigenvalue weighted by Gasteiger charge is -2.34. The molecule has 3 heterocycles. The van der Waals surface area contributed by atoms with Crippen LogP contribution in [0.25, 0.3) is 0 Å². The number of hydrogen-bond acceptors (Lipinski definition) is 4. The van der Waals surface area contributed by atoms with Gasteiger partial charge in [0.1, 0.15) is 5.76 Å². The third-order valence-corrected chi connectivity index (χ3v) is 6.79. The van der Waals surface area contributed by atoms with Crippen molar-refractivity contribution in [1.29, 1.82) is 0 Å². The van der Waals surface area contributed by atoms with E-state index in [1.165, 1.54) is 57.9 Å². The molecule has 0 bridgehead atoms. The molecule has 6 nitrogen and oxygen atoms in total. The van der Waals surface area contributed by atoms with Crippen LogP contribution in [0.2, 0.25) is 0 Å². The molecule has 2 saturated heterocycles. The molecule has 3 fully saturated rings. The van der Waals surface area contributed by atoms with Crippen LogP contribution in [0.5, 0.6) is 0 Å². The first-order chi connectivity index (χ1) is 13.8. The second-order valence-electron chi connectivity index (χ2n) is 8.64. The van der Waals surface area contributed by atoms with Crippen molar-refractivity contribution in [1.82, 2.24) is 20.4 Å². The molecule has 28 heavy (non-hydrogen) atoms. The highest BCUT2D eigenvalue weighted by Crippen LogP contribution is 2.27. The van der Waals surface area contributed by atoms with Gasteiger partial charge in [0.15, 0.2) is 5.96 Å². The Morgan fingerprint density at radius 3 is 2.68 bits per heavy atom. The molecule has 3 aliphatic rings. The van der Waals surface area contributed by atoms with Crippen molar-refractivity contribution in [2.45, 2.75) is 69.5 Å². The van der Waals surface area contributed by atoms with E-state index < -0.39 is 0 Å². The maximum Gasteiger partial charge on any atom is 0.191 e. The topological polar surface area (TPSA) is 56.0 Å². The fourth-order valence-corrected chi connectivity index (χ4v) is 5.21. The first kappa shape index (κ1) is 19.8. The minimum atomic E-state index is 0.271. The van der Waals surface area contributed by atoms with Gasteiger partial charge in [-0.1, -0.05) is 19.3 Å². The summed E-state index contributed by atoms with van der Waals surface area (Å²) in [6.45, 7) is 5.50. The van der Waals surface area contributed by atoms with Crippen LogP contribution in [0.3, 0.4) is 0 Å². The molecule has 0 amide bonds. The van der Waals surface area contributed by atoms with Crippen LogP contribution in [0.4, 0.5) is 0 Å². The molecule has 6 heteroatoms. The minimum Gasteiger partial charge on any atom is -0.468 e. The number of aliphatic imine (C=N–C) groups is 1. The molecule has 2 N–H and O–H groups in total. The van der Waals surface area contributed by atoms with E-state index in [-0.39, 0.29) is 6.04 Å². The lowest BCUT2D eigenvalue weighted by Crippen LogP contribution is -2.48. The van der Waals surface area contributed by atoms with Crippen molar-refractivity contribution < 1.29 is 4.42 Å². The van der Waals surface area contributed by atoms with Crippen molar-refractivity contribution >= 4 is 5.96 Å². The van der Waals surface area contributed by atoms with Crippen molar-refractivity contribution in [3.05, 3.63) is 24.2 Å². The SMILES string of the molecule is CN=C(NCC(c1ccco1)N1CCCCC1)NC1CCN(C2CCCC2)C1. The predicted molar refractivity (Wildman–Crippen MR) is 114 cm³/mol. The second-order valence-corrected chi connectivity index (χ2v) is 8.64. The highest BCUT2D eigenvalue weighted by molar-refractivity contribution is 5.80. The van der Waals surface area contributed by atoms with Gasteiger partial charge in [0.2, 0.25) is 0 Å². The average Bonchev–Trinajstić information content (AvgIpc) is 3.50. The minimum absolute atomic E-state index is 0.271. The Morgan fingerprint density at radius 2 is 1.96 bits per heavy atom. The fraction of sp³-hybridized carbons (Fsp3) is 0.773. The smallest absolute Gasteiger partial charge is 0.191 e. The predicted octanol–water partition coefficient (Wildman–Crippen LogP) is 2.99. The number of nitrogens with one attached hydrogen (secondary N) is 2. The lowest BCUT2D eigenvalue weighted by molar-refractivity contribution is 0.146. The lowest BCUT2D eigenvalue weighted by atomic mass is 10.1. The van der Waals surface area contributed by atoms with Crippen molar-refractivity contribution in [2.75, 3.05) is 39.8 Å². The normalized spacial score (nSPS) is 26.6. The zero-order chi connectivity index (χ0) is 19.2. The summed E-state index contributed by atoms with van der Waals surface area (Å²) in [6, 6.07) is 5.70. The van der Waals surface area contributed by atoms with Crippen LogP contribution in [0.1, 0.15) is 63.2 Å². The Hall–Kier alpha value is -1.53. The molecule has 1 aromatic heterocycles. The molecule has 2 unspecified atom stereocenters. The van der Waals surface area contributed by atoms with Gasteiger partial charge in [-0.2, -0.15) is 0 Å². The molecule has 4 rings (SSSR count). The van der Waals surface area contributed by atoms with E-state index in [0.717, 1.165) is 43.9 Å². The summed E-state index contributed by atoms with van der Waals surface area (Å²) in [6.07, 6.45) is 12.5. The zero-order valence-electron chi connectivity index (χ0n) is 17.4.